The van der Waals surface area contributed by atoms with Gasteiger partial charge in [0.25, 0.3) is 0 Å². The van der Waals surface area contributed by atoms with Crippen molar-refractivity contribution >= 4 is 0 Å². The number of benzene rings is 2. The third kappa shape index (κ3) is 4.00. The summed E-state index contributed by atoms with van der Waals surface area (Å²) in [6.45, 7) is 4.46. The average Bonchev–Trinajstić information content (AvgIpc) is 2.56. The first-order valence-corrected chi connectivity index (χ1v) is 8.66. The molecular weight excluding hydrogens is 264 g/mol. The summed E-state index contributed by atoms with van der Waals surface area (Å²) < 4.78 is 0. The van der Waals surface area contributed by atoms with Crippen LogP contribution in [0.3, 0.4) is 0 Å². The molecule has 1 fully saturated rings. The van der Waals surface area contributed by atoms with Crippen molar-refractivity contribution in [2.45, 2.75) is 58.3 Å². The van der Waals surface area contributed by atoms with Gasteiger partial charge in [-0.05, 0) is 74.0 Å². The fourth-order valence-corrected chi connectivity index (χ4v) is 3.44. The molecule has 0 nitrogen and oxygen atoms in total. The highest BCUT2D eigenvalue weighted by molar-refractivity contribution is 5.28. The quantitative estimate of drug-likeness (QED) is 0.645. The van der Waals surface area contributed by atoms with Crippen LogP contribution in [0.4, 0.5) is 0 Å². The summed E-state index contributed by atoms with van der Waals surface area (Å²) in [5.41, 5.74) is 5.79. The zero-order valence-corrected chi connectivity index (χ0v) is 13.9. The molecule has 2 aromatic rings. The molecule has 3 rings (SSSR count). The monoisotopic (exact) mass is 291 g/mol. The zero-order valence-electron chi connectivity index (χ0n) is 13.9. The second-order valence-electron chi connectivity index (χ2n) is 6.96. The van der Waals surface area contributed by atoms with E-state index in [1.165, 1.54) is 42.4 Å². The van der Waals surface area contributed by atoms with E-state index < -0.39 is 0 Å². The van der Waals surface area contributed by atoms with Gasteiger partial charge in [-0.25, -0.2) is 0 Å². The Balaban J connectivity index is 1.56. The zero-order chi connectivity index (χ0) is 15.4. The molecule has 0 saturated heterocycles. The SMILES string of the molecule is C[C]1CCC(c2ccc(CCc3ccc(C)cc3)cc2)CC1. The number of rotatable bonds is 4. The first kappa shape index (κ1) is 15.3. The van der Waals surface area contributed by atoms with Crippen LogP contribution >= 0.6 is 0 Å². The summed E-state index contributed by atoms with van der Waals surface area (Å²) in [5.74, 6) is 2.47. The summed E-state index contributed by atoms with van der Waals surface area (Å²) in [4.78, 5) is 0. The van der Waals surface area contributed by atoms with Crippen LogP contribution in [-0.4, -0.2) is 0 Å². The van der Waals surface area contributed by atoms with Crippen LogP contribution in [0.2, 0.25) is 0 Å². The van der Waals surface area contributed by atoms with Crippen LogP contribution in [0.15, 0.2) is 48.5 Å². The Kier molecular flexibility index (Phi) is 4.97. The van der Waals surface area contributed by atoms with Crippen LogP contribution in [0.1, 0.15) is 60.8 Å². The van der Waals surface area contributed by atoms with Crippen molar-refractivity contribution in [2.24, 2.45) is 0 Å². The minimum absolute atomic E-state index is 0.787. The molecule has 0 atom stereocenters. The maximum atomic E-state index is 2.37. The molecule has 0 N–H and O–H groups in total. The van der Waals surface area contributed by atoms with Crippen LogP contribution in [0.5, 0.6) is 0 Å². The molecule has 2 aromatic carbocycles. The predicted molar refractivity (Wildman–Crippen MR) is 95.2 cm³/mol. The normalized spacial score (nSPS) is 16.8. The lowest BCUT2D eigenvalue weighted by Crippen LogP contribution is -2.09. The van der Waals surface area contributed by atoms with E-state index in [4.69, 9.17) is 0 Å². The first-order valence-electron chi connectivity index (χ1n) is 8.66. The minimum atomic E-state index is 0.787. The molecule has 22 heavy (non-hydrogen) atoms. The van der Waals surface area contributed by atoms with E-state index in [0.717, 1.165) is 18.8 Å². The lowest BCUT2D eigenvalue weighted by molar-refractivity contribution is 0.472. The van der Waals surface area contributed by atoms with Gasteiger partial charge in [0, 0.05) is 0 Å². The van der Waals surface area contributed by atoms with Crippen molar-refractivity contribution in [1.82, 2.24) is 0 Å². The highest BCUT2D eigenvalue weighted by Gasteiger charge is 2.19. The number of hydrogen-bond acceptors (Lipinski definition) is 0. The molecule has 0 unspecified atom stereocenters. The van der Waals surface area contributed by atoms with Crippen LogP contribution in [0.25, 0.3) is 0 Å². The summed E-state index contributed by atoms with van der Waals surface area (Å²) >= 11 is 0. The molecule has 0 aromatic heterocycles. The second-order valence-corrected chi connectivity index (χ2v) is 6.96. The van der Waals surface area contributed by atoms with Crippen LogP contribution < -0.4 is 0 Å². The standard InChI is InChI=1S/C22H27/c1-17-3-7-19(8-4-17)9-10-20-11-15-22(16-12-20)21-13-5-18(2)6-14-21/h3-4,7-8,11-12,15-16,21H,5-6,9-10,13-14H2,1-2H3. The molecule has 1 saturated carbocycles. The van der Waals surface area contributed by atoms with Crippen molar-refractivity contribution < 1.29 is 0 Å². The van der Waals surface area contributed by atoms with Crippen LogP contribution in [-0.2, 0) is 12.8 Å². The lowest BCUT2D eigenvalue weighted by atomic mass is 9.79. The Morgan fingerprint density at radius 3 is 1.77 bits per heavy atom. The van der Waals surface area contributed by atoms with Crippen molar-refractivity contribution in [2.75, 3.05) is 0 Å². The Labute approximate surface area is 135 Å². The Morgan fingerprint density at radius 2 is 1.23 bits per heavy atom. The maximum absolute atomic E-state index is 2.37. The van der Waals surface area contributed by atoms with Gasteiger partial charge in [-0.15, -0.1) is 0 Å². The molecule has 0 heterocycles. The maximum Gasteiger partial charge on any atom is -0.0162 e. The Bertz CT molecular complexity index is 568. The molecule has 0 heteroatoms. The Hall–Kier alpha value is -1.56. The Morgan fingerprint density at radius 1 is 0.727 bits per heavy atom. The van der Waals surface area contributed by atoms with Gasteiger partial charge in [0.05, 0.1) is 0 Å². The van der Waals surface area contributed by atoms with Gasteiger partial charge in [0.2, 0.25) is 0 Å². The third-order valence-corrected chi connectivity index (χ3v) is 5.11. The largest absolute Gasteiger partial charge is 0.0591 e. The van der Waals surface area contributed by atoms with E-state index in [1.54, 1.807) is 11.5 Å². The number of aryl methyl sites for hydroxylation is 3. The smallest absolute Gasteiger partial charge is 0.0162 e. The molecule has 0 bridgehead atoms. The summed E-state index contributed by atoms with van der Waals surface area (Å²) in [5, 5.41) is 0. The van der Waals surface area contributed by atoms with E-state index in [2.05, 4.69) is 62.4 Å². The first-order chi connectivity index (χ1) is 10.7. The third-order valence-electron chi connectivity index (χ3n) is 5.11. The summed E-state index contributed by atoms with van der Waals surface area (Å²) in [6, 6.07) is 18.4. The van der Waals surface area contributed by atoms with E-state index in [-0.39, 0.29) is 0 Å². The average molecular weight is 291 g/mol. The summed E-state index contributed by atoms with van der Waals surface area (Å²) in [6.07, 6.45) is 7.60. The van der Waals surface area contributed by atoms with Crippen molar-refractivity contribution in [3.05, 3.63) is 76.7 Å². The van der Waals surface area contributed by atoms with Gasteiger partial charge in [-0.1, -0.05) is 61.0 Å². The minimum Gasteiger partial charge on any atom is -0.0591 e. The fourth-order valence-electron chi connectivity index (χ4n) is 3.44. The van der Waals surface area contributed by atoms with Crippen molar-refractivity contribution in [3.63, 3.8) is 0 Å². The highest BCUT2D eigenvalue weighted by atomic mass is 14.2. The molecular formula is C22H27. The molecule has 1 radical (unpaired) electrons. The van der Waals surface area contributed by atoms with Crippen molar-refractivity contribution in [3.8, 4) is 0 Å². The van der Waals surface area contributed by atoms with Crippen molar-refractivity contribution in [1.29, 1.82) is 0 Å². The molecule has 115 valence electrons. The molecule has 1 aliphatic rings. The van der Waals surface area contributed by atoms with E-state index in [9.17, 15) is 0 Å². The number of hydrogen-bond donors (Lipinski definition) is 0. The summed E-state index contributed by atoms with van der Waals surface area (Å²) in [7, 11) is 0. The van der Waals surface area contributed by atoms with E-state index in [1.807, 2.05) is 0 Å². The van der Waals surface area contributed by atoms with Gasteiger partial charge in [-0.2, -0.15) is 0 Å². The second kappa shape index (κ2) is 7.13. The lowest BCUT2D eigenvalue weighted by Gasteiger charge is -2.26. The van der Waals surface area contributed by atoms with Gasteiger partial charge >= 0.3 is 0 Å². The van der Waals surface area contributed by atoms with Gasteiger partial charge in [0.1, 0.15) is 0 Å². The molecule has 1 aliphatic carbocycles. The van der Waals surface area contributed by atoms with Gasteiger partial charge in [0.15, 0.2) is 0 Å². The predicted octanol–water partition coefficient (Wildman–Crippen LogP) is 6.03. The topological polar surface area (TPSA) is 0 Å². The van der Waals surface area contributed by atoms with E-state index >= 15 is 0 Å². The van der Waals surface area contributed by atoms with Crippen LogP contribution in [0, 0.1) is 12.8 Å². The van der Waals surface area contributed by atoms with Gasteiger partial charge in [-0.3, -0.25) is 0 Å². The van der Waals surface area contributed by atoms with E-state index in [0.29, 0.717) is 0 Å². The fraction of sp³-hybridized carbons (Fsp3) is 0.409. The molecule has 0 spiro atoms. The highest BCUT2D eigenvalue weighted by Crippen LogP contribution is 2.36. The van der Waals surface area contributed by atoms with Gasteiger partial charge < -0.3 is 0 Å². The molecule has 0 aliphatic heterocycles. The molecule has 0 amide bonds.